The first-order valence-electron chi connectivity index (χ1n) is 40.4. The first kappa shape index (κ1) is 85.6. The quantitative estimate of drug-likeness (QED) is 0.0320. The normalized spacial score (nSPS) is 12.5. The van der Waals surface area contributed by atoms with E-state index in [-0.39, 0.29) is 18.5 Å². The predicted octanol–water partition coefficient (Wildman–Crippen LogP) is 26.7. The topological polar surface area (TPSA) is 95.9 Å². The molecule has 0 saturated carbocycles. The second-order valence-electron chi connectivity index (χ2n) is 28.1. The zero-order valence-corrected chi connectivity index (χ0v) is 59.5. The number of unbranched alkanes of at least 4 members (excludes halogenated alkanes) is 64. The van der Waals surface area contributed by atoms with Crippen LogP contribution in [0.25, 0.3) is 0 Å². The Morgan fingerprint density at radius 3 is 0.816 bits per heavy atom. The molecule has 1 amide bonds. The number of allylic oxidation sites excluding steroid dienone is 2. The molecule has 0 radical (unpaired) electrons. The molecule has 0 fully saturated rings. The van der Waals surface area contributed by atoms with Crippen LogP contribution in [-0.4, -0.2) is 47.4 Å². The van der Waals surface area contributed by atoms with Gasteiger partial charge in [0.15, 0.2) is 0 Å². The fourth-order valence-corrected chi connectivity index (χ4v) is 13.2. The van der Waals surface area contributed by atoms with E-state index in [1.807, 2.05) is 0 Å². The van der Waals surface area contributed by atoms with Crippen LogP contribution in [0.4, 0.5) is 0 Å². The van der Waals surface area contributed by atoms with Gasteiger partial charge >= 0.3 is 5.97 Å². The van der Waals surface area contributed by atoms with Gasteiger partial charge in [0, 0.05) is 12.8 Å². The fourth-order valence-electron chi connectivity index (χ4n) is 13.2. The van der Waals surface area contributed by atoms with E-state index in [0.717, 1.165) is 38.5 Å². The van der Waals surface area contributed by atoms with Crippen molar-refractivity contribution in [2.24, 2.45) is 0 Å². The predicted molar refractivity (Wildman–Crippen MR) is 384 cm³/mol. The molecule has 6 nitrogen and oxygen atoms in total. The number of hydrogen-bond donors (Lipinski definition) is 3. The van der Waals surface area contributed by atoms with Gasteiger partial charge in [-0.3, -0.25) is 9.59 Å². The first-order chi connectivity index (χ1) is 43.0. The van der Waals surface area contributed by atoms with Crippen LogP contribution in [0.15, 0.2) is 12.2 Å². The lowest BCUT2D eigenvalue weighted by molar-refractivity contribution is -0.143. The lowest BCUT2D eigenvalue weighted by Crippen LogP contribution is -2.45. The molecule has 0 aromatic heterocycles. The van der Waals surface area contributed by atoms with Gasteiger partial charge in [-0.2, -0.15) is 0 Å². The van der Waals surface area contributed by atoms with Crippen molar-refractivity contribution in [1.29, 1.82) is 0 Å². The molecule has 0 bridgehead atoms. The highest BCUT2D eigenvalue weighted by Crippen LogP contribution is 2.20. The number of aliphatic hydroxyl groups is 2. The van der Waals surface area contributed by atoms with Crippen molar-refractivity contribution in [2.45, 2.75) is 482 Å². The number of rotatable bonds is 77. The summed E-state index contributed by atoms with van der Waals surface area (Å²) >= 11 is 0. The highest BCUT2D eigenvalue weighted by Gasteiger charge is 2.20. The molecule has 0 spiro atoms. The summed E-state index contributed by atoms with van der Waals surface area (Å²) in [5, 5.41) is 23.4. The van der Waals surface area contributed by atoms with Crippen molar-refractivity contribution in [3.8, 4) is 0 Å². The number of nitrogens with one attached hydrogen (secondary N) is 1. The minimum absolute atomic E-state index is 0.0242. The molecule has 0 aliphatic rings. The summed E-state index contributed by atoms with van der Waals surface area (Å²) in [7, 11) is 0. The van der Waals surface area contributed by atoms with Crippen LogP contribution < -0.4 is 5.32 Å². The zero-order chi connectivity index (χ0) is 62.8. The number of ether oxygens (including phenoxy) is 1. The smallest absolute Gasteiger partial charge is 0.305 e. The van der Waals surface area contributed by atoms with E-state index in [9.17, 15) is 19.8 Å². The Labute approximate surface area is 546 Å². The van der Waals surface area contributed by atoms with Gasteiger partial charge in [-0.05, 0) is 51.4 Å². The van der Waals surface area contributed by atoms with Crippen molar-refractivity contribution in [2.75, 3.05) is 13.2 Å². The fraction of sp³-hybridized carbons (Fsp3) is 0.951. The minimum Gasteiger partial charge on any atom is -0.466 e. The van der Waals surface area contributed by atoms with E-state index in [0.29, 0.717) is 25.9 Å². The molecule has 2 unspecified atom stereocenters. The van der Waals surface area contributed by atoms with Crippen LogP contribution in [0.2, 0.25) is 0 Å². The molecule has 2 atom stereocenters. The third-order valence-electron chi connectivity index (χ3n) is 19.3. The van der Waals surface area contributed by atoms with Crippen LogP contribution in [0.3, 0.4) is 0 Å². The van der Waals surface area contributed by atoms with E-state index in [1.165, 1.54) is 398 Å². The van der Waals surface area contributed by atoms with Crippen molar-refractivity contribution in [3.63, 3.8) is 0 Å². The molecule has 0 aromatic carbocycles. The molecule has 0 heterocycles. The maximum absolute atomic E-state index is 12.6. The van der Waals surface area contributed by atoms with E-state index in [4.69, 9.17) is 4.74 Å². The molecular weight excluding hydrogens is 1070 g/mol. The van der Waals surface area contributed by atoms with Crippen LogP contribution in [0.5, 0.6) is 0 Å². The Kier molecular flexibility index (Phi) is 75.8. The summed E-state index contributed by atoms with van der Waals surface area (Å²) in [6.07, 6.45) is 97.5. The largest absolute Gasteiger partial charge is 0.466 e. The van der Waals surface area contributed by atoms with E-state index in [1.54, 1.807) is 0 Å². The van der Waals surface area contributed by atoms with Gasteiger partial charge in [-0.25, -0.2) is 0 Å². The number of hydrogen-bond acceptors (Lipinski definition) is 5. The van der Waals surface area contributed by atoms with Gasteiger partial charge in [0.1, 0.15) is 0 Å². The third kappa shape index (κ3) is 73.5. The first-order valence-corrected chi connectivity index (χ1v) is 40.4. The molecular formula is C81H159NO5. The third-order valence-corrected chi connectivity index (χ3v) is 19.3. The maximum atomic E-state index is 12.6. The van der Waals surface area contributed by atoms with E-state index >= 15 is 0 Å². The molecule has 518 valence electrons. The molecule has 6 heteroatoms. The van der Waals surface area contributed by atoms with Crippen molar-refractivity contribution in [3.05, 3.63) is 12.2 Å². The SMILES string of the molecule is CCCCCCCCCCCCCCCCCCCCCC(O)C(CO)NC(=O)CCCCCCCCCCCCCCCCCCC/C=C\CCCCCCCCCCCCCCCCCCCCOC(=O)CCCCCCCCCCCCCC. The summed E-state index contributed by atoms with van der Waals surface area (Å²) < 4.78 is 5.49. The molecule has 3 N–H and O–H groups in total. The second-order valence-corrected chi connectivity index (χ2v) is 28.1. The van der Waals surface area contributed by atoms with Crippen LogP contribution in [0, 0.1) is 0 Å². The maximum Gasteiger partial charge on any atom is 0.305 e. The summed E-state index contributed by atoms with van der Waals surface area (Å²) in [5.41, 5.74) is 0. The highest BCUT2D eigenvalue weighted by atomic mass is 16.5. The number of carbonyl (C=O) groups excluding carboxylic acids is 2. The zero-order valence-electron chi connectivity index (χ0n) is 59.5. The number of esters is 1. The highest BCUT2D eigenvalue weighted by molar-refractivity contribution is 5.76. The molecule has 0 aliphatic carbocycles. The molecule has 87 heavy (non-hydrogen) atoms. The van der Waals surface area contributed by atoms with Gasteiger partial charge in [0.2, 0.25) is 5.91 Å². The van der Waals surface area contributed by atoms with Crippen LogP contribution in [-0.2, 0) is 14.3 Å². The van der Waals surface area contributed by atoms with Crippen molar-refractivity contribution < 1.29 is 24.5 Å². The molecule has 0 aromatic rings. The standard InChI is InChI=1S/C81H159NO5/c1-3-5-7-9-11-13-15-17-18-19-41-44-47-50-53-57-61-65-69-73-79(84)78(77-83)82-80(85)74-70-66-62-58-54-51-48-45-42-39-37-35-33-31-29-27-25-23-21-20-22-24-26-28-30-32-34-36-38-40-43-46-49-52-56-60-64-68-72-76-87-81(86)75-71-67-63-59-55-16-14-12-10-8-6-4-2/h20-21,78-79,83-84H,3-19,22-77H2,1-2H3,(H,82,85)/b21-20-. The summed E-state index contributed by atoms with van der Waals surface area (Å²) in [6.45, 7) is 5.01. The Bertz CT molecular complexity index is 1320. The van der Waals surface area contributed by atoms with E-state index < -0.39 is 12.1 Å². The van der Waals surface area contributed by atoms with Crippen molar-refractivity contribution in [1.82, 2.24) is 5.32 Å². The lowest BCUT2D eigenvalue weighted by Gasteiger charge is -2.22. The van der Waals surface area contributed by atoms with Crippen LogP contribution >= 0.6 is 0 Å². The van der Waals surface area contributed by atoms with Gasteiger partial charge < -0.3 is 20.3 Å². The minimum atomic E-state index is -0.661. The molecule has 0 saturated heterocycles. The average molecular weight is 1230 g/mol. The number of amides is 1. The van der Waals surface area contributed by atoms with Crippen molar-refractivity contribution >= 4 is 11.9 Å². The Morgan fingerprint density at radius 2 is 0.540 bits per heavy atom. The van der Waals surface area contributed by atoms with E-state index in [2.05, 4.69) is 31.3 Å². The Balaban J connectivity index is 3.32. The molecule has 0 rings (SSSR count). The Hall–Kier alpha value is -1.40. The lowest BCUT2D eigenvalue weighted by atomic mass is 10.0. The second kappa shape index (κ2) is 77.1. The van der Waals surface area contributed by atoms with Gasteiger partial charge in [0.05, 0.1) is 25.4 Å². The average Bonchev–Trinajstić information content (AvgIpc) is 3.53. The Morgan fingerprint density at radius 1 is 0.310 bits per heavy atom. The van der Waals surface area contributed by atoms with Gasteiger partial charge in [0.25, 0.3) is 0 Å². The number of aliphatic hydroxyl groups excluding tert-OH is 2. The van der Waals surface area contributed by atoms with Gasteiger partial charge in [-0.15, -0.1) is 0 Å². The summed E-state index contributed by atoms with van der Waals surface area (Å²) in [4.78, 5) is 24.6. The number of carbonyl (C=O) groups is 2. The summed E-state index contributed by atoms with van der Waals surface area (Å²) in [6, 6.07) is -0.538. The molecule has 0 aliphatic heterocycles. The summed E-state index contributed by atoms with van der Waals surface area (Å²) in [5.74, 6) is -0.00106. The monoisotopic (exact) mass is 1230 g/mol. The van der Waals surface area contributed by atoms with Crippen LogP contribution in [0.1, 0.15) is 470 Å². The van der Waals surface area contributed by atoms with Gasteiger partial charge in [-0.1, -0.05) is 418 Å².